The minimum absolute atomic E-state index is 0.0570. The highest BCUT2D eigenvalue weighted by Gasteiger charge is 2.21. The maximum atomic E-state index is 13.1. The molecule has 6 heteroatoms. The van der Waals surface area contributed by atoms with E-state index in [2.05, 4.69) is 29.4 Å². The van der Waals surface area contributed by atoms with Crippen LogP contribution in [0.3, 0.4) is 0 Å². The molecular formula is C18H28FN3O2. The van der Waals surface area contributed by atoms with Gasteiger partial charge in [0.15, 0.2) is 0 Å². The molecular weight excluding hydrogens is 309 g/mol. The predicted octanol–water partition coefficient (Wildman–Crippen LogP) is 2.28. The maximum Gasteiger partial charge on any atom is 0.315 e. The van der Waals surface area contributed by atoms with Crippen molar-refractivity contribution in [3.8, 4) is 0 Å². The van der Waals surface area contributed by atoms with Gasteiger partial charge in [0.2, 0.25) is 0 Å². The third-order valence-corrected chi connectivity index (χ3v) is 4.24. The molecule has 1 saturated heterocycles. The summed E-state index contributed by atoms with van der Waals surface area (Å²) >= 11 is 0. The van der Waals surface area contributed by atoms with Crippen molar-refractivity contribution >= 4 is 6.03 Å². The number of carbonyl (C=O) groups excluding carboxylic acids is 1. The highest BCUT2D eigenvalue weighted by Crippen LogP contribution is 2.14. The van der Waals surface area contributed by atoms with Gasteiger partial charge in [0.25, 0.3) is 0 Å². The standard InChI is InChI=1S/C18H28FN3O2/c1-13(2)12-22-8-6-16(7-9-22)21-18(24)20-11-17(23)14-4-3-5-15(19)10-14/h3-5,10,13,16-17,23H,6-9,11-12H2,1-2H3,(H2,20,21,24). The van der Waals surface area contributed by atoms with E-state index in [9.17, 15) is 14.3 Å². The van der Waals surface area contributed by atoms with Crippen molar-refractivity contribution < 1.29 is 14.3 Å². The number of hydrogen-bond acceptors (Lipinski definition) is 3. The van der Waals surface area contributed by atoms with Crippen molar-refractivity contribution in [2.24, 2.45) is 5.92 Å². The van der Waals surface area contributed by atoms with Crippen molar-refractivity contribution in [2.75, 3.05) is 26.2 Å². The van der Waals surface area contributed by atoms with Gasteiger partial charge in [-0.15, -0.1) is 0 Å². The molecule has 5 nitrogen and oxygen atoms in total. The number of rotatable bonds is 6. The number of piperidine rings is 1. The van der Waals surface area contributed by atoms with E-state index in [0.29, 0.717) is 11.5 Å². The van der Waals surface area contributed by atoms with Crippen LogP contribution in [0.25, 0.3) is 0 Å². The predicted molar refractivity (Wildman–Crippen MR) is 92.2 cm³/mol. The number of urea groups is 1. The Morgan fingerprint density at radius 1 is 1.38 bits per heavy atom. The van der Waals surface area contributed by atoms with E-state index in [1.807, 2.05) is 0 Å². The Morgan fingerprint density at radius 3 is 2.71 bits per heavy atom. The summed E-state index contributed by atoms with van der Waals surface area (Å²) in [5.74, 6) is 0.256. The molecule has 0 bridgehead atoms. The summed E-state index contributed by atoms with van der Waals surface area (Å²) in [6.07, 6.45) is 0.957. The van der Waals surface area contributed by atoms with E-state index < -0.39 is 11.9 Å². The Hall–Kier alpha value is -1.66. The van der Waals surface area contributed by atoms with Crippen LogP contribution in [0.15, 0.2) is 24.3 Å². The Labute approximate surface area is 143 Å². The highest BCUT2D eigenvalue weighted by atomic mass is 19.1. The van der Waals surface area contributed by atoms with Crippen LogP contribution >= 0.6 is 0 Å². The lowest BCUT2D eigenvalue weighted by Gasteiger charge is -2.33. The molecule has 3 N–H and O–H groups in total. The number of nitrogens with one attached hydrogen (secondary N) is 2. The lowest BCUT2D eigenvalue weighted by Crippen LogP contribution is -2.48. The summed E-state index contributed by atoms with van der Waals surface area (Å²) in [7, 11) is 0. The molecule has 1 unspecified atom stereocenters. The molecule has 1 aromatic carbocycles. The number of nitrogens with zero attached hydrogens (tertiary/aromatic N) is 1. The first-order chi connectivity index (χ1) is 11.4. The van der Waals surface area contributed by atoms with E-state index >= 15 is 0 Å². The fourth-order valence-corrected chi connectivity index (χ4v) is 3.03. The van der Waals surface area contributed by atoms with Gasteiger partial charge in [-0.25, -0.2) is 9.18 Å². The zero-order chi connectivity index (χ0) is 17.5. The van der Waals surface area contributed by atoms with Crippen molar-refractivity contribution in [3.63, 3.8) is 0 Å². The van der Waals surface area contributed by atoms with Crippen LogP contribution in [0.2, 0.25) is 0 Å². The van der Waals surface area contributed by atoms with E-state index in [4.69, 9.17) is 0 Å². The van der Waals surface area contributed by atoms with Crippen LogP contribution in [-0.2, 0) is 0 Å². The summed E-state index contributed by atoms with van der Waals surface area (Å²) in [4.78, 5) is 14.4. The second-order valence-corrected chi connectivity index (χ2v) is 6.89. The quantitative estimate of drug-likeness (QED) is 0.746. The first-order valence-electron chi connectivity index (χ1n) is 8.64. The third-order valence-electron chi connectivity index (χ3n) is 4.24. The Bertz CT molecular complexity index is 531. The second kappa shape index (κ2) is 8.99. The van der Waals surface area contributed by atoms with Gasteiger partial charge in [-0.05, 0) is 36.5 Å². The van der Waals surface area contributed by atoms with Crippen LogP contribution in [0, 0.1) is 11.7 Å². The topological polar surface area (TPSA) is 64.6 Å². The molecule has 1 atom stereocenters. The number of carbonyl (C=O) groups is 1. The molecule has 1 aliphatic rings. The van der Waals surface area contributed by atoms with Gasteiger partial charge in [-0.1, -0.05) is 26.0 Å². The lowest BCUT2D eigenvalue weighted by atomic mass is 10.0. The first-order valence-corrected chi connectivity index (χ1v) is 8.64. The molecule has 1 aromatic rings. The van der Waals surface area contributed by atoms with E-state index in [1.54, 1.807) is 12.1 Å². The second-order valence-electron chi connectivity index (χ2n) is 6.89. The lowest BCUT2D eigenvalue weighted by molar-refractivity contribution is 0.165. The third kappa shape index (κ3) is 6.09. The normalized spacial score (nSPS) is 17.7. The molecule has 0 saturated carbocycles. The van der Waals surface area contributed by atoms with Crippen molar-refractivity contribution in [2.45, 2.75) is 38.8 Å². The molecule has 1 fully saturated rings. The molecule has 0 aromatic heterocycles. The highest BCUT2D eigenvalue weighted by molar-refractivity contribution is 5.74. The minimum Gasteiger partial charge on any atom is -0.387 e. The SMILES string of the molecule is CC(C)CN1CCC(NC(=O)NCC(O)c2cccc(F)c2)CC1. The Kier molecular flexibility index (Phi) is 6.99. The zero-order valence-corrected chi connectivity index (χ0v) is 14.5. The number of aliphatic hydroxyl groups excluding tert-OH is 1. The molecule has 0 spiro atoms. The van der Waals surface area contributed by atoms with Crippen LogP contribution in [-0.4, -0.2) is 48.3 Å². The monoisotopic (exact) mass is 337 g/mol. The molecule has 0 aliphatic carbocycles. The van der Waals surface area contributed by atoms with E-state index in [1.165, 1.54) is 12.1 Å². The number of likely N-dealkylation sites (tertiary alicyclic amines) is 1. The molecule has 1 heterocycles. The van der Waals surface area contributed by atoms with Crippen LogP contribution in [0.4, 0.5) is 9.18 Å². The fourth-order valence-electron chi connectivity index (χ4n) is 3.03. The number of aliphatic hydroxyl groups is 1. The molecule has 2 amide bonds. The molecule has 0 radical (unpaired) electrons. The van der Waals surface area contributed by atoms with Gasteiger partial charge in [0, 0.05) is 32.2 Å². The zero-order valence-electron chi connectivity index (χ0n) is 14.5. The van der Waals surface area contributed by atoms with Gasteiger partial charge in [-0.3, -0.25) is 0 Å². The summed E-state index contributed by atoms with van der Waals surface area (Å²) < 4.78 is 13.1. The fraction of sp³-hybridized carbons (Fsp3) is 0.611. The first kappa shape index (κ1) is 18.7. The molecule has 24 heavy (non-hydrogen) atoms. The Balaban J connectivity index is 1.68. The molecule has 2 rings (SSSR count). The minimum atomic E-state index is -0.917. The summed E-state index contributed by atoms with van der Waals surface area (Å²) in [5, 5.41) is 15.6. The summed E-state index contributed by atoms with van der Waals surface area (Å²) in [5.41, 5.74) is 0.456. The number of hydrogen-bond donors (Lipinski definition) is 3. The van der Waals surface area contributed by atoms with Gasteiger partial charge in [0.1, 0.15) is 5.82 Å². The summed E-state index contributed by atoms with van der Waals surface area (Å²) in [6.45, 7) is 7.56. The number of halogens is 1. The van der Waals surface area contributed by atoms with Crippen molar-refractivity contribution in [1.29, 1.82) is 0 Å². The van der Waals surface area contributed by atoms with E-state index in [0.717, 1.165) is 32.5 Å². The van der Waals surface area contributed by atoms with Crippen LogP contribution < -0.4 is 10.6 Å². The average Bonchev–Trinajstić information content (AvgIpc) is 2.54. The smallest absolute Gasteiger partial charge is 0.315 e. The van der Waals surface area contributed by atoms with Gasteiger partial charge >= 0.3 is 6.03 Å². The van der Waals surface area contributed by atoms with Gasteiger partial charge in [-0.2, -0.15) is 0 Å². The van der Waals surface area contributed by atoms with Crippen LogP contribution in [0.1, 0.15) is 38.4 Å². The van der Waals surface area contributed by atoms with E-state index in [-0.39, 0.29) is 18.6 Å². The molecule has 134 valence electrons. The largest absolute Gasteiger partial charge is 0.387 e. The van der Waals surface area contributed by atoms with Gasteiger partial charge < -0.3 is 20.6 Å². The average molecular weight is 337 g/mol. The van der Waals surface area contributed by atoms with Gasteiger partial charge in [0.05, 0.1) is 6.10 Å². The molecule has 1 aliphatic heterocycles. The number of amides is 2. The van der Waals surface area contributed by atoms with Crippen molar-refractivity contribution in [1.82, 2.24) is 15.5 Å². The van der Waals surface area contributed by atoms with Crippen LogP contribution in [0.5, 0.6) is 0 Å². The Morgan fingerprint density at radius 2 is 2.08 bits per heavy atom. The number of benzene rings is 1. The summed E-state index contributed by atoms with van der Waals surface area (Å²) in [6, 6.07) is 5.65. The van der Waals surface area contributed by atoms with Crippen molar-refractivity contribution in [3.05, 3.63) is 35.6 Å². The maximum absolute atomic E-state index is 13.1.